The summed E-state index contributed by atoms with van der Waals surface area (Å²) in [7, 11) is 6.43. The Labute approximate surface area is 592 Å². The Balaban J connectivity index is 0.000000333. The number of nitrogens with one attached hydrogen (secondary N) is 3. The molecule has 0 spiro atoms. The predicted molar refractivity (Wildman–Crippen MR) is 394 cm³/mol. The molecule has 0 saturated carbocycles. The number of aliphatic hydroxyl groups excluding tert-OH is 3. The first-order valence-electron chi connectivity index (χ1n) is 33.4. The van der Waals surface area contributed by atoms with Crippen LogP contribution in [0.4, 0.5) is 36.7 Å². The van der Waals surface area contributed by atoms with Crippen LogP contribution in [0.5, 0.6) is 23.0 Å². The zero-order valence-corrected chi connectivity index (χ0v) is 61.9. The van der Waals surface area contributed by atoms with Crippen molar-refractivity contribution in [3.05, 3.63) is 112 Å². The van der Waals surface area contributed by atoms with Gasteiger partial charge in [0, 0.05) is 72.2 Å². The molecule has 0 unspecified atom stereocenters. The molecule has 548 valence electrons. The third-order valence-corrected chi connectivity index (χ3v) is 16.1. The number of nitrogens with two attached hydrogens (primary N) is 3. The summed E-state index contributed by atoms with van der Waals surface area (Å²) in [5.41, 5.74) is 19.5. The number of anilines is 4. The van der Waals surface area contributed by atoms with Crippen molar-refractivity contribution in [2.45, 2.75) is 195 Å². The number of nitrogens with zero attached hydrogens (tertiary/aromatic N) is 10. The minimum absolute atomic E-state index is 0.0232. The summed E-state index contributed by atoms with van der Waals surface area (Å²) in [5.74, 6) is 2.66. The van der Waals surface area contributed by atoms with Crippen molar-refractivity contribution in [2.75, 3.05) is 76.5 Å². The monoisotopic (exact) mass is 1420 g/mol. The fourth-order valence-electron chi connectivity index (χ4n) is 10.0. The maximum atomic E-state index is 13.9. The molecule has 0 aliphatic rings. The van der Waals surface area contributed by atoms with Crippen LogP contribution in [0.25, 0.3) is 33.1 Å². The molecule has 2 aromatic carbocycles. The zero-order valence-electron chi connectivity index (χ0n) is 60.4. The number of aliphatic hydroxyl groups is 3. The maximum absolute atomic E-state index is 13.9. The van der Waals surface area contributed by atoms with Gasteiger partial charge < -0.3 is 67.4 Å². The van der Waals surface area contributed by atoms with E-state index in [2.05, 4.69) is 121 Å². The van der Waals surface area contributed by atoms with E-state index in [9.17, 15) is 23.4 Å². The predicted octanol–water partition coefficient (Wildman–Crippen LogP) is 14.1. The summed E-state index contributed by atoms with van der Waals surface area (Å²) in [6, 6.07) is 16.3. The second-order valence-corrected chi connectivity index (χ2v) is 25.7. The second-order valence-electron chi connectivity index (χ2n) is 25.0. The zero-order chi connectivity index (χ0) is 73.9. The normalized spacial score (nSPS) is 12.8. The van der Waals surface area contributed by atoms with Crippen LogP contribution in [-0.2, 0) is 13.1 Å². The first kappa shape index (κ1) is 85.7. The number of nitrogen functional groups attached to an aromatic ring is 1. The number of ether oxygens (including phenoxy) is 4. The molecule has 0 amide bonds. The minimum Gasteiger partial charge on any atom is -0.497 e. The van der Waals surface area contributed by atoms with E-state index in [1.807, 2.05) is 51.1 Å². The molecule has 0 radical (unpaired) electrons. The molecule has 99 heavy (non-hydrogen) atoms. The quantitative estimate of drug-likeness (QED) is 0.0115. The van der Waals surface area contributed by atoms with E-state index in [1.54, 1.807) is 34.5 Å². The Morgan fingerprint density at radius 3 is 1.39 bits per heavy atom. The molecule has 3 atom stereocenters. The average molecular weight is 1420 g/mol. The molecule has 8 rings (SSSR count). The van der Waals surface area contributed by atoms with Gasteiger partial charge in [0.05, 0.1) is 94.5 Å². The highest BCUT2D eigenvalue weighted by molar-refractivity contribution is 6.35. The van der Waals surface area contributed by atoms with E-state index >= 15 is 0 Å². The Morgan fingerprint density at radius 2 is 0.980 bits per heavy atom. The highest BCUT2D eigenvalue weighted by atomic mass is 35.5. The van der Waals surface area contributed by atoms with Crippen molar-refractivity contribution in [3.8, 4) is 23.0 Å². The van der Waals surface area contributed by atoms with Crippen LogP contribution in [0.1, 0.15) is 164 Å². The van der Waals surface area contributed by atoms with E-state index in [1.165, 1.54) is 31.0 Å². The highest BCUT2D eigenvalue weighted by Crippen LogP contribution is 2.31. The summed E-state index contributed by atoms with van der Waals surface area (Å²) in [4.78, 5) is 39.0. The Kier molecular flexibility index (Phi) is 37.9. The van der Waals surface area contributed by atoms with E-state index in [-0.39, 0.29) is 41.7 Å². The first-order valence-corrected chi connectivity index (χ1v) is 34.2. The van der Waals surface area contributed by atoms with Gasteiger partial charge in [0.2, 0.25) is 17.2 Å². The number of benzene rings is 2. The van der Waals surface area contributed by atoms with Gasteiger partial charge in [-0.05, 0) is 104 Å². The van der Waals surface area contributed by atoms with Crippen LogP contribution in [-0.4, -0.2) is 149 Å². The molecular weight excluding hydrogens is 1320 g/mol. The number of halogens is 5. The Bertz CT molecular complexity index is 3670. The van der Waals surface area contributed by atoms with Gasteiger partial charge >= 0.3 is 0 Å². The van der Waals surface area contributed by atoms with Crippen LogP contribution < -0.4 is 52.1 Å². The van der Waals surface area contributed by atoms with Gasteiger partial charge in [0.25, 0.3) is 0 Å². The topological polar surface area (TPSA) is 331 Å². The van der Waals surface area contributed by atoms with Crippen molar-refractivity contribution < 1.29 is 47.4 Å². The van der Waals surface area contributed by atoms with Gasteiger partial charge in [-0.25, -0.2) is 48.1 Å². The lowest BCUT2D eigenvalue weighted by Gasteiger charge is -2.30. The average Bonchev–Trinajstić information content (AvgIpc) is 0.821. The number of aromatic nitrogens is 9. The Hall–Kier alpha value is -7.56. The van der Waals surface area contributed by atoms with Gasteiger partial charge in [-0.1, -0.05) is 103 Å². The number of methoxy groups -OCH3 is 4. The number of unbranched alkanes of at least 4 members (excludes halogenated alkanes) is 6. The van der Waals surface area contributed by atoms with Crippen molar-refractivity contribution >= 4 is 79.8 Å². The first-order chi connectivity index (χ1) is 47.1. The third-order valence-electron chi connectivity index (χ3n) is 15.7. The van der Waals surface area contributed by atoms with Gasteiger partial charge in [-0.3, -0.25) is 4.90 Å². The third kappa shape index (κ3) is 29.3. The molecule has 28 heteroatoms. The number of hydrogen-bond acceptors (Lipinski definition) is 23. The maximum Gasteiger partial charge on any atom is 0.225 e. The van der Waals surface area contributed by atoms with Crippen molar-refractivity contribution in [3.63, 3.8) is 0 Å². The lowest BCUT2D eigenvalue weighted by Crippen LogP contribution is -2.39. The van der Waals surface area contributed by atoms with Crippen LogP contribution in [0.15, 0.2) is 73.2 Å². The standard InChI is InChI=1S/C24H32FN5O3.C15H22FN5O.C9H13NO2.C8H19NO.C8H19N.C7H2Cl2FN3/c1-5-6-7-10-24(2,15-31)30-22-21-19(11-17(25)14-26-21)28-23(29-22)27-13-16-8-9-18(32-3)12-20(16)33-4;1-3-4-5-6-15(2,9-22)21-13-12-11(19-14(17)20-13)7-10(16)8-18-12;1-11-8-4-3-7(6-10)9(5-8)12-2;1-3-4-5-6-8(2,9)7-10;1-6-9(7(2)3)8(4)5;8-6-5-4(12-7(9)13-6)1-3(10)2-11-5/h8-9,11-12,14,31H,5-7,10,13,15H2,1-4H3,(H2,27,28,29,30);7-8,22H,3-6,9H2,1-2H3,(H3,17,19,20,21);3-5H,6,10H2,1-2H3;10H,3-7,9H2,1-2H3;7-8H,6H2,1-5H3;1-2H/t24-;15-;;8-;;/m11.1../s1. The van der Waals surface area contributed by atoms with Gasteiger partial charge in [0.15, 0.2) is 16.8 Å². The van der Waals surface area contributed by atoms with Gasteiger partial charge in [-0.2, -0.15) is 9.97 Å². The van der Waals surface area contributed by atoms with E-state index < -0.39 is 28.5 Å². The summed E-state index contributed by atoms with van der Waals surface area (Å²) < 4.78 is 60.7. The molecule has 6 aromatic heterocycles. The number of fused-ring (bicyclic) bond motifs is 3. The SMILES string of the molecule is CCCCC[C@@](C)(N)CO.CCCCC[C@](C)(CO)Nc1nc(N)nc2cc(F)cnc12.CCCCC[C@](C)(CO)Nc1nc(NCc2ccc(OC)cc2OC)nc2cc(F)cnc12.CCN(C(C)C)C(C)C.COc1ccc(CN)c(OC)c1.Fc1cnc2c(Cl)nc(Cl)nc2c1. The van der Waals surface area contributed by atoms with Gasteiger partial charge in [-0.15, -0.1) is 0 Å². The molecule has 0 fully saturated rings. The van der Waals surface area contributed by atoms with Gasteiger partial charge in [0.1, 0.15) is 57.0 Å². The molecule has 6 heterocycles. The molecule has 0 bridgehead atoms. The van der Waals surface area contributed by atoms with E-state index in [0.29, 0.717) is 87.4 Å². The highest BCUT2D eigenvalue weighted by Gasteiger charge is 2.27. The van der Waals surface area contributed by atoms with Crippen LogP contribution in [0.3, 0.4) is 0 Å². The van der Waals surface area contributed by atoms with Crippen LogP contribution in [0.2, 0.25) is 10.4 Å². The fraction of sp³-hybridized carbons (Fsp3) is 0.535. The fourth-order valence-corrected chi connectivity index (χ4v) is 10.5. The summed E-state index contributed by atoms with van der Waals surface area (Å²) in [5, 5.41) is 38.4. The smallest absolute Gasteiger partial charge is 0.225 e. The van der Waals surface area contributed by atoms with Crippen LogP contribution in [0, 0.1) is 17.5 Å². The molecular formula is C71H107Cl2F3N16O7. The van der Waals surface area contributed by atoms with Crippen LogP contribution >= 0.6 is 23.2 Å². The molecule has 12 N–H and O–H groups in total. The molecule has 8 aromatic rings. The van der Waals surface area contributed by atoms with Crippen molar-refractivity contribution in [2.24, 2.45) is 11.5 Å². The van der Waals surface area contributed by atoms with Crippen molar-refractivity contribution in [1.82, 2.24) is 49.8 Å². The summed E-state index contributed by atoms with van der Waals surface area (Å²) >= 11 is 11.2. The molecule has 0 aliphatic heterocycles. The molecule has 23 nitrogen and oxygen atoms in total. The number of rotatable bonds is 30. The minimum atomic E-state index is -0.594. The lowest BCUT2D eigenvalue weighted by molar-refractivity contribution is 0.185. The second kappa shape index (κ2) is 43.9. The number of pyridine rings is 3. The van der Waals surface area contributed by atoms with E-state index in [0.717, 1.165) is 112 Å². The summed E-state index contributed by atoms with van der Waals surface area (Å²) in [6.45, 7) is 25.3. The molecule has 0 aliphatic carbocycles. The lowest BCUT2D eigenvalue weighted by atomic mass is 9.95. The summed E-state index contributed by atoms with van der Waals surface area (Å²) in [6.07, 6.45) is 15.6. The van der Waals surface area contributed by atoms with E-state index in [4.69, 9.17) is 64.5 Å². The largest absolute Gasteiger partial charge is 0.497 e. The number of hydrogen-bond donors (Lipinski definition) is 9. The Morgan fingerprint density at radius 1 is 0.545 bits per heavy atom. The molecule has 0 saturated heterocycles. The van der Waals surface area contributed by atoms with Crippen molar-refractivity contribution in [1.29, 1.82) is 0 Å².